The van der Waals surface area contributed by atoms with Crippen LogP contribution in [-0.4, -0.2) is 13.2 Å². The van der Waals surface area contributed by atoms with E-state index in [0.29, 0.717) is 18.9 Å². The maximum absolute atomic E-state index is 14.0. The van der Waals surface area contributed by atoms with Crippen LogP contribution >= 0.6 is 0 Å². The Labute approximate surface area is 116 Å². The number of nitrogens with one attached hydrogen (secondary N) is 1. The van der Waals surface area contributed by atoms with Crippen molar-refractivity contribution in [2.75, 3.05) is 13.2 Å². The average molecular weight is 285 g/mol. The molecule has 1 unspecified atom stereocenters. The summed E-state index contributed by atoms with van der Waals surface area (Å²) in [7, 11) is 0. The van der Waals surface area contributed by atoms with Gasteiger partial charge in [-0.3, -0.25) is 0 Å². The number of hydrogen-bond acceptors (Lipinski definition) is 2. The molecule has 2 rings (SSSR count). The molecule has 1 atom stereocenters. The van der Waals surface area contributed by atoms with Crippen molar-refractivity contribution in [1.29, 1.82) is 0 Å². The Morgan fingerprint density at radius 2 is 2.05 bits per heavy atom. The Morgan fingerprint density at radius 1 is 1.25 bits per heavy atom. The van der Waals surface area contributed by atoms with Crippen LogP contribution in [0, 0.1) is 17.5 Å². The minimum Gasteiger partial charge on any atom is -0.496 e. The van der Waals surface area contributed by atoms with E-state index in [9.17, 15) is 13.2 Å². The van der Waals surface area contributed by atoms with Crippen LogP contribution in [0.5, 0.6) is 0 Å². The van der Waals surface area contributed by atoms with Gasteiger partial charge in [0.15, 0.2) is 17.5 Å². The predicted octanol–water partition coefficient (Wildman–Crippen LogP) is 3.84. The molecule has 2 nitrogen and oxygen atoms in total. The average Bonchev–Trinajstić information content (AvgIpc) is 2.48. The van der Waals surface area contributed by atoms with Gasteiger partial charge in [0, 0.05) is 5.56 Å². The van der Waals surface area contributed by atoms with Gasteiger partial charge in [-0.2, -0.15) is 0 Å². The van der Waals surface area contributed by atoms with Gasteiger partial charge in [-0.15, -0.1) is 0 Å². The van der Waals surface area contributed by atoms with E-state index in [-0.39, 0.29) is 5.56 Å². The smallest absolute Gasteiger partial charge is 0.194 e. The number of benzene rings is 1. The van der Waals surface area contributed by atoms with Crippen LogP contribution < -0.4 is 5.32 Å². The number of rotatable bonds is 5. The summed E-state index contributed by atoms with van der Waals surface area (Å²) < 4.78 is 45.9. The monoisotopic (exact) mass is 285 g/mol. The fraction of sp³-hybridized carbons (Fsp3) is 0.467. The second-order valence-electron chi connectivity index (χ2n) is 4.75. The van der Waals surface area contributed by atoms with Crippen molar-refractivity contribution < 1.29 is 17.9 Å². The highest BCUT2D eigenvalue weighted by atomic mass is 19.2. The predicted molar refractivity (Wildman–Crippen MR) is 70.6 cm³/mol. The minimum atomic E-state index is -1.44. The Morgan fingerprint density at radius 3 is 2.70 bits per heavy atom. The standard InChI is InChI=1S/C15H18F3NO/c1-2-8-19-15(12-5-3-4-9-20-12)10-6-7-11(16)14(18)13(10)17/h5-7,15,19H,2-4,8-9H2,1H3. The first-order chi connectivity index (χ1) is 9.65. The molecule has 1 aliphatic rings. The van der Waals surface area contributed by atoms with Crippen molar-refractivity contribution in [2.45, 2.75) is 32.2 Å². The van der Waals surface area contributed by atoms with Crippen LogP contribution in [0.15, 0.2) is 24.0 Å². The Kier molecular flexibility index (Phi) is 5.06. The van der Waals surface area contributed by atoms with E-state index in [1.54, 1.807) is 0 Å². The zero-order valence-corrected chi connectivity index (χ0v) is 11.4. The molecule has 1 aromatic carbocycles. The second kappa shape index (κ2) is 6.79. The molecule has 0 saturated heterocycles. The van der Waals surface area contributed by atoms with Gasteiger partial charge >= 0.3 is 0 Å². The van der Waals surface area contributed by atoms with Crippen molar-refractivity contribution in [2.24, 2.45) is 0 Å². The Balaban J connectivity index is 2.35. The normalized spacial score (nSPS) is 16.5. The van der Waals surface area contributed by atoms with Crippen LogP contribution in [0.2, 0.25) is 0 Å². The molecule has 0 fully saturated rings. The molecular weight excluding hydrogens is 267 g/mol. The fourth-order valence-electron chi connectivity index (χ4n) is 2.19. The summed E-state index contributed by atoms with van der Waals surface area (Å²) in [4.78, 5) is 0. The Bertz CT molecular complexity index is 502. The van der Waals surface area contributed by atoms with Crippen LogP contribution in [0.3, 0.4) is 0 Å². The lowest BCUT2D eigenvalue weighted by Gasteiger charge is -2.25. The van der Waals surface area contributed by atoms with E-state index in [1.807, 2.05) is 13.0 Å². The molecule has 0 saturated carbocycles. The van der Waals surface area contributed by atoms with Crippen LogP contribution in [-0.2, 0) is 4.74 Å². The molecule has 0 bridgehead atoms. The van der Waals surface area contributed by atoms with Crippen molar-refractivity contribution in [3.63, 3.8) is 0 Å². The highest BCUT2D eigenvalue weighted by molar-refractivity contribution is 5.29. The van der Waals surface area contributed by atoms with E-state index in [1.165, 1.54) is 6.07 Å². The van der Waals surface area contributed by atoms with Crippen molar-refractivity contribution >= 4 is 0 Å². The van der Waals surface area contributed by atoms with Gasteiger partial charge in [0.1, 0.15) is 5.76 Å². The number of halogens is 3. The first kappa shape index (κ1) is 14.9. The molecule has 20 heavy (non-hydrogen) atoms. The molecule has 0 aliphatic carbocycles. The molecule has 1 aliphatic heterocycles. The van der Waals surface area contributed by atoms with E-state index in [4.69, 9.17) is 4.74 Å². The van der Waals surface area contributed by atoms with Gasteiger partial charge in [-0.05, 0) is 37.9 Å². The molecule has 1 N–H and O–H groups in total. The molecule has 1 aromatic rings. The first-order valence-corrected chi connectivity index (χ1v) is 6.84. The lowest BCUT2D eigenvalue weighted by Crippen LogP contribution is -2.27. The van der Waals surface area contributed by atoms with Crippen molar-refractivity contribution in [3.8, 4) is 0 Å². The SMILES string of the molecule is CCCNC(C1=CCCCO1)c1ccc(F)c(F)c1F. The van der Waals surface area contributed by atoms with E-state index in [2.05, 4.69) is 5.32 Å². The van der Waals surface area contributed by atoms with Gasteiger partial charge in [0.2, 0.25) is 0 Å². The van der Waals surface area contributed by atoms with Gasteiger partial charge in [0.25, 0.3) is 0 Å². The number of allylic oxidation sites excluding steroid dienone is 1. The molecule has 5 heteroatoms. The van der Waals surface area contributed by atoms with Gasteiger partial charge in [0.05, 0.1) is 12.6 Å². The Hall–Kier alpha value is -1.49. The summed E-state index contributed by atoms with van der Waals surface area (Å²) in [6.07, 6.45) is 4.46. The molecule has 0 spiro atoms. The van der Waals surface area contributed by atoms with Gasteiger partial charge in [-0.25, -0.2) is 13.2 Å². The third-order valence-electron chi connectivity index (χ3n) is 3.22. The first-order valence-electron chi connectivity index (χ1n) is 6.84. The quantitative estimate of drug-likeness (QED) is 0.830. The zero-order chi connectivity index (χ0) is 14.5. The molecule has 1 heterocycles. The summed E-state index contributed by atoms with van der Waals surface area (Å²) in [5.74, 6) is -3.20. The second-order valence-corrected chi connectivity index (χ2v) is 4.75. The zero-order valence-electron chi connectivity index (χ0n) is 11.4. The van der Waals surface area contributed by atoms with Crippen molar-refractivity contribution in [1.82, 2.24) is 5.32 Å². The topological polar surface area (TPSA) is 21.3 Å². The lowest BCUT2D eigenvalue weighted by molar-refractivity contribution is 0.166. The summed E-state index contributed by atoms with van der Waals surface area (Å²) in [5.41, 5.74) is 0.0745. The molecular formula is C15H18F3NO. The third-order valence-corrected chi connectivity index (χ3v) is 3.22. The van der Waals surface area contributed by atoms with Crippen molar-refractivity contribution in [3.05, 3.63) is 47.0 Å². The largest absolute Gasteiger partial charge is 0.496 e. The van der Waals surface area contributed by atoms with Gasteiger partial charge in [-0.1, -0.05) is 13.0 Å². The summed E-state index contributed by atoms with van der Waals surface area (Å²) in [5, 5.41) is 3.12. The van der Waals surface area contributed by atoms with E-state index in [0.717, 1.165) is 25.3 Å². The molecule has 0 amide bonds. The molecule has 0 radical (unpaired) electrons. The fourth-order valence-corrected chi connectivity index (χ4v) is 2.19. The van der Waals surface area contributed by atoms with E-state index >= 15 is 0 Å². The highest BCUT2D eigenvalue weighted by Gasteiger charge is 2.25. The van der Waals surface area contributed by atoms with Crippen LogP contribution in [0.25, 0.3) is 0 Å². The highest BCUT2D eigenvalue weighted by Crippen LogP contribution is 2.29. The molecule has 110 valence electrons. The third kappa shape index (κ3) is 3.15. The summed E-state index contributed by atoms with van der Waals surface area (Å²) in [6.45, 7) is 3.16. The minimum absolute atomic E-state index is 0.0745. The maximum atomic E-state index is 14.0. The van der Waals surface area contributed by atoms with Gasteiger partial charge < -0.3 is 10.1 Å². The summed E-state index contributed by atoms with van der Waals surface area (Å²) >= 11 is 0. The maximum Gasteiger partial charge on any atom is 0.194 e. The van der Waals surface area contributed by atoms with E-state index < -0.39 is 23.5 Å². The lowest BCUT2D eigenvalue weighted by atomic mass is 10.0. The number of ether oxygens (including phenoxy) is 1. The number of hydrogen-bond donors (Lipinski definition) is 1. The summed E-state index contributed by atoms with van der Waals surface area (Å²) in [6, 6.07) is 1.63. The van der Waals surface area contributed by atoms with Crippen LogP contribution in [0.4, 0.5) is 13.2 Å². The molecule has 0 aromatic heterocycles. The van der Waals surface area contributed by atoms with Crippen LogP contribution in [0.1, 0.15) is 37.8 Å².